The number of fused-ring (bicyclic) bond motifs is 1. The SMILES string of the molecule is CCCCCCCCCCn1c(=S)[nH]c2cc(I)ccc21. The van der Waals surface area contributed by atoms with Gasteiger partial charge in [-0.2, -0.15) is 0 Å². The molecule has 1 aromatic carbocycles. The maximum absolute atomic E-state index is 5.45. The van der Waals surface area contributed by atoms with Gasteiger partial charge in [-0.15, -0.1) is 0 Å². The van der Waals surface area contributed by atoms with Crippen molar-refractivity contribution in [3.63, 3.8) is 0 Å². The molecule has 0 spiro atoms. The Morgan fingerprint density at radius 2 is 1.71 bits per heavy atom. The van der Waals surface area contributed by atoms with Gasteiger partial charge in [-0.1, -0.05) is 51.9 Å². The zero-order valence-electron chi connectivity index (χ0n) is 12.8. The van der Waals surface area contributed by atoms with E-state index in [1.807, 2.05) is 0 Å². The molecule has 0 amide bonds. The molecule has 0 unspecified atom stereocenters. The molecule has 2 rings (SSSR count). The lowest BCUT2D eigenvalue weighted by Gasteiger charge is -2.05. The molecule has 0 radical (unpaired) electrons. The second kappa shape index (κ2) is 8.93. The van der Waals surface area contributed by atoms with Crippen molar-refractivity contribution in [1.82, 2.24) is 9.55 Å². The first kappa shape index (κ1) is 17.0. The summed E-state index contributed by atoms with van der Waals surface area (Å²) >= 11 is 7.79. The number of hydrogen-bond acceptors (Lipinski definition) is 1. The van der Waals surface area contributed by atoms with E-state index >= 15 is 0 Å². The van der Waals surface area contributed by atoms with Gasteiger partial charge in [0.2, 0.25) is 0 Å². The largest absolute Gasteiger partial charge is 0.331 e. The number of aromatic nitrogens is 2. The van der Waals surface area contributed by atoms with Crippen LogP contribution in [0, 0.1) is 8.34 Å². The van der Waals surface area contributed by atoms with Gasteiger partial charge in [0.05, 0.1) is 11.0 Å². The highest BCUT2D eigenvalue weighted by Crippen LogP contribution is 2.18. The first-order valence-corrected chi connectivity index (χ1v) is 9.59. The van der Waals surface area contributed by atoms with Crippen molar-refractivity contribution >= 4 is 45.8 Å². The van der Waals surface area contributed by atoms with Crippen LogP contribution in [0.2, 0.25) is 0 Å². The highest BCUT2D eigenvalue weighted by molar-refractivity contribution is 14.1. The van der Waals surface area contributed by atoms with Crippen LogP contribution in [0.15, 0.2) is 18.2 Å². The fraction of sp³-hybridized carbons (Fsp3) is 0.588. The Balaban J connectivity index is 1.79. The van der Waals surface area contributed by atoms with Crippen LogP contribution in [-0.4, -0.2) is 9.55 Å². The number of nitrogens with one attached hydrogen (secondary N) is 1. The summed E-state index contributed by atoms with van der Waals surface area (Å²) in [5.74, 6) is 0. The van der Waals surface area contributed by atoms with Gasteiger partial charge in [0.25, 0.3) is 0 Å². The molecule has 1 aromatic heterocycles. The smallest absolute Gasteiger partial charge is 0.178 e. The van der Waals surface area contributed by atoms with Gasteiger partial charge < -0.3 is 9.55 Å². The second-order valence-corrected chi connectivity index (χ2v) is 7.35. The summed E-state index contributed by atoms with van der Waals surface area (Å²) in [7, 11) is 0. The first-order valence-electron chi connectivity index (χ1n) is 8.10. The zero-order chi connectivity index (χ0) is 15.1. The molecular weight excluding hydrogens is 391 g/mol. The molecule has 0 saturated carbocycles. The van der Waals surface area contributed by atoms with Crippen LogP contribution in [0.3, 0.4) is 0 Å². The van der Waals surface area contributed by atoms with E-state index in [2.05, 4.69) is 57.3 Å². The predicted octanol–water partition coefficient (Wildman–Crippen LogP) is 6.44. The van der Waals surface area contributed by atoms with Crippen LogP contribution < -0.4 is 0 Å². The van der Waals surface area contributed by atoms with Crippen LogP contribution >= 0.6 is 34.8 Å². The minimum absolute atomic E-state index is 0.856. The highest BCUT2D eigenvalue weighted by Gasteiger charge is 2.04. The van der Waals surface area contributed by atoms with Crippen LogP contribution in [-0.2, 0) is 6.54 Å². The van der Waals surface area contributed by atoms with Gasteiger partial charge in [-0.25, -0.2) is 0 Å². The second-order valence-electron chi connectivity index (χ2n) is 5.72. The summed E-state index contributed by atoms with van der Waals surface area (Å²) in [5, 5.41) is 0. The van der Waals surface area contributed by atoms with Gasteiger partial charge in [0.1, 0.15) is 0 Å². The standard InChI is InChI=1S/C17H25IN2S/c1-2-3-4-5-6-7-8-9-12-20-16-11-10-14(18)13-15(16)19-17(20)21/h10-11,13H,2-9,12H2,1H3,(H,19,21). The summed E-state index contributed by atoms with van der Waals surface area (Å²) in [6, 6.07) is 6.49. The highest BCUT2D eigenvalue weighted by atomic mass is 127. The third-order valence-corrected chi connectivity index (χ3v) is 4.96. The van der Waals surface area contributed by atoms with Crippen molar-refractivity contribution in [3.8, 4) is 0 Å². The molecule has 116 valence electrons. The molecule has 0 aliphatic heterocycles. The van der Waals surface area contributed by atoms with Gasteiger partial charge >= 0.3 is 0 Å². The predicted molar refractivity (Wildman–Crippen MR) is 102 cm³/mol. The van der Waals surface area contributed by atoms with Gasteiger partial charge in [-0.3, -0.25) is 0 Å². The minimum Gasteiger partial charge on any atom is -0.331 e. The van der Waals surface area contributed by atoms with Crippen molar-refractivity contribution in [1.29, 1.82) is 0 Å². The van der Waals surface area contributed by atoms with E-state index in [-0.39, 0.29) is 0 Å². The number of aromatic amines is 1. The van der Waals surface area contributed by atoms with Crippen LogP contribution in [0.1, 0.15) is 58.3 Å². The van der Waals surface area contributed by atoms with Gasteiger partial charge in [0, 0.05) is 10.1 Å². The van der Waals surface area contributed by atoms with E-state index in [1.165, 1.54) is 60.5 Å². The molecule has 0 aliphatic carbocycles. The molecule has 1 N–H and O–H groups in total. The topological polar surface area (TPSA) is 20.7 Å². The summed E-state index contributed by atoms with van der Waals surface area (Å²) < 4.78 is 4.35. The Labute approximate surface area is 146 Å². The van der Waals surface area contributed by atoms with Gasteiger partial charge in [-0.05, 0) is 59.4 Å². The number of imidazole rings is 1. The van der Waals surface area contributed by atoms with Crippen LogP contribution in [0.25, 0.3) is 11.0 Å². The molecule has 0 atom stereocenters. The lowest BCUT2D eigenvalue weighted by molar-refractivity contribution is 0.546. The molecule has 1 heterocycles. The molecule has 2 nitrogen and oxygen atoms in total. The maximum atomic E-state index is 5.45. The van der Waals surface area contributed by atoms with Crippen molar-refractivity contribution in [2.24, 2.45) is 0 Å². The average Bonchev–Trinajstić information content (AvgIpc) is 2.76. The summed E-state index contributed by atoms with van der Waals surface area (Å²) in [5.41, 5.74) is 2.40. The third-order valence-electron chi connectivity index (χ3n) is 3.97. The lowest BCUT2D eigenvalue weighted by Crippen LogP contribution is -1.98. The molecule has 2 aromatic rings. The molecular formula is C17H25IN2S. The van der Waals surface area contributed by atoms with E-state index in [4.69, 9.17) is 12.2 Å². The van der Waals surface area contributed by atoms with E-state index in [0.29, 0.717) is 0 Å². The summed E-state index contributed by atoms with van der Waals surface area (Å²) in [6.07, 6.45) is 10.8. The number of halogens is 1. The quantitative estimate of drug-likeness (QED) is 0.283. The number of hydrogen-bond donors (Lipinski definition) is 1. The molecule has 4 heteroatoms. The minimum atomic E-state index is 0.856. The number of unbranched alkanes of at least 4 members (excludes halogenated alkanes) is 7. The van der Waals surface area contributed by atoms with E-state index in [9.17, 15) is 0 Å². The van der Waals surface area contributed by atoms with Crippen LogP contribution in [0.5, 0.6) is 0 Å². The van der Waals surface area contributed by atoms with Crippen LogP contribution in [0.4, 0.5) is 0 Å². The van der Waals surface area contributed by atoms with Crippen molar-refractivity contribution in [2.75, 3.05) is 0 Å². The Hall–Kier alpha value is -0.360. The third kappa shape index (κ3) is 5.09. The number of nitrogens with zero attached hydrogens (tertiary/aromatic N) is 1. The monoisotopic (exact) mass is 416 g/mol. The summed E-state index contributed by atoms with van der Waals surface area (Å²) in [6.45, 7) is 3.31. The van der Waals surface area contributed by atoms with E-state index < -0.39 is 0 Å². The van der Waals surface area contributed by atoms with E-state index in [1.54, 1.807) is 0 Å². The zero-order valence-corrected chi connectivity index (χ0v) is 15.8. The number of rotatable bonds is 9. The Morgan fingerprint density at radius 1 is 1.05 bits per heavy atom. The van der Waals surface area contributed by atoms with Crippen molar-refractivity contribution in [3.05, 3.63) is 26.5 Å². The van der Waals surface area contributed by atoms with E-state index in [0.717, 1.165) is 16.8 Å². The fourth-order valence-corrected chi connectivity index (χ4v) is 3.55. The number of aryl methyl sites for hydroxylation is 1. The number of H-pyrrole nitrogens is 1. The Morgan fingerprint density at radius 3 is 2.43 bits per heavy atom. The molecule has 21 heavy (non-hydrogen) atoms. The maximum Gasteiger partial charge on any atom is 0.178 e. The normalized spacial score (nSPS) is 11.3. The fourth-order valence-electron chi connectivity index (χ4n) is 2.76. The van der Waals surface area contributed by atoms with Gasteiger partial charge in [0.15, 0.2) is 4.77 Å². The first-order chi connectivity index (χ1) is 10.2. The van der Waals surface area contributed by atoms with Crippen molar-refractivity contribution < 1.29 is 0 Å². The molecule has 0 aliphatic rings. The average molecular weight is 416 g/mol. The molecule has 0 fully saturated rings. The van der Waals surface area contributed by atoms with Crippen molar-refractivity contribution in [2.45, 2.75) is 64.8 Å². The Kier molecular flexibility index (Phi) is 7.23. The molecule has 0 saturated heterocycles. The summed E-state index contributed by atoms with van der Waals surface area (Å²) in [4.78, 5) is 3.32. The number of benzene rings is 1. The molecule has 0 bridgehead atoms. The lowest BCUT2D eigenvalue weighted by atomic mass is 10.1. The Bertz CT molecular complexity index is 615.